The molecule has 1 saturated heterocycles. The molecule has 1 fully saturated rings. The molecule has 6 heteroatoms. The Bertz CT molecular complexity index is 790. The van der Waals surface area contributed by atoms with Gasteiger partial charge in [-0.25, -0.2) is 4.98 Å². The van der Waals surface area contributed by atoms with Gasteiger partial charge >= 0.3 is 0 Å². The highest BCUT2D eigenvalue weighted by Gasteiger charge is 2.15. The third-order valence-corrected chi connectivity index (χ3v) is 5.49. The number of nitrogens with zero attached hydrogens (tertiary/aromatic N) is 1. The zero-order valence-electron chi connectivity index (χ0n) is 14.8. The van der Waals surface area contributed by atoms with Gasteiger partial charge in [0.1, 0.15) is 5.76 Å². The molecule has 3 aromatic rings. The number of aromatic nitrogens is 1. The van der Waals surface area contributed by atoms with Crippen LogP contribution in [0.25, 0.3) is 21.0 Å². The third kappa shape index (κ3) is 4.51. The molecule has 26 heavy (non-hydrogen) atoms. The second-order valence-electron chi connectivity index (χ2n) is 6.49. The first-order chi connectivity index (χ1) is 12.9. The van der Waals surface area contributed by atoms with Crippen molar-refractivity contribution < 1.29 is 13.9 Å². The number of benzene rings is 1. The molecule has 1 aliphatic heterocycles. The molecule has 1 N–H and O–H groups in total. The standard InChI is InChI=1S/C20H24N2O3S/c1-2-7-19-17(6-1)22-20(26-19)18-9-8-15(25-18)13-21-10-4-11-23-14-16-5-3-12-24-16/h1-2,6-9,16,21H,3-5,10-14H2. The van der Waals surface area contributed by atoms with Gasteiger partial charge in [0.15, 0.2) is 10.8 Å². The van der Waals surface area contributed by atoms with Crippen LogP contribution < -0.4 is 5.32 Å². The van der Waals surface area contributed by atoms with E-state index in [-0.39, 0.29) is 0 Å². The fraction of sp³-hybridized carbons (Fsp3) is 0.450. The molecule has 3 heterocycles. The number of thiazole rings is 1. The minimum atomic E-state index is 0.312. The smallest absolute Gasteiger partial charge is 0.163 e. The second-order valence-corrected chi connectivity index (χ2v) is 7.52. The number of para-hydroxylation sites is 1. The van der Waals surface area contributed by atoms with Crippen LogP contribution in [0, 0.1) is 0 Å². The number of hydrogen-bond donors (Lipinski definition) is 1. The molecule has 138 valence electrons. The SMILES string of the molecule is c1ccc2sc(-c3ccc(CNCCCOCC4CCCO4)o3)nc2c1. The number of nitrogens with one attached hydrogen (secondary N) is 1. The number of furan rings is 1. The van der Waals surface area contributed by atoms with E-state index in [1.807, 2.05) is 30.3 Å². The Balaban J connectivity index is 1.18. The maximum Gasteiger partial charge on any atom is 0.163 e. The molecule has 0 saturated carbocycles. The molecule has 1 aliphatic rings. The molecule has 0 amide bonds. The van der Waals surface area contributed by atoms with E-state index in [9.17, 15) is 0 Å². The summed E-state index contributed by atoms with van der Waals surface area (Å²) in [5, 5.41) is 4.33. The fourth-order valence-corrected chi connectivity index (χ4v) is 3.99. The van der Waals surface area contributed by atoms with Gasteiger partial charge in [-0.1, -0.05) is 12.1 Å². The zero-order chi connectivity index (χ0) is 17.6. The minimum Gasteiger partial charge on any atom is -0.457 e. The predicted molar refractivity (Wildman–Crippen MR) is 103 cm³/mol. The largest absolute Gasteiger partial charge is 0.457 e. The van der Waals surface area contributed by atoms with Gasteiger partial charge in [0.05, 0.1) is 29.5 Å². The highest BCUT2D eigenvalue weighted by atomic mass is 32.1. The van der Waals surface area contributed by atoms with Crippen LogP contribution in [0.5, 0.6) is 0 Å². The highest BCUT2D eigenvalue weighted by Crippen LogP contribution is 2.31. The van der Waals surface area contributed by atoms with Crippen LogP contribution in [0.1, 0.15) is 25.0 Å². The van der Waals surface area contributed by atoms with Crippen LogP contribution in [0.2, 0.25) is 0 Å². The monoisotopic (exact) mass is 372 g/mol. The van der Waals surface area contributed by atoms with E-state index in [1.165, 1.54) is 4.70 Å². The summed E-state index contributed by atoms with van der Waals surface area (Å²) in [6.45, 7) is 4.00. The van der Waals surface area contributed by atoms with Crippen molar-refractivity contribution in [1.29, 1.82) is 0 Å². The Hall–Kier alpha value is -1.73. The lowest BCUT2D eigenvalue weighted by atomic mass is 10.2. The molecule has 1 atom stereocenters. The van der Waals surface area contributed by atoms with Crippen molar-refractivity contribution in [1.82, 2.24) is 10.3 Å². The molecule has 1 unspecified atom stereocenters. The Morgan fingerprint density at radius 1 is 1.23 bits per heavy atom. The maximum absolute atomic E-state index is 5.93. The van der Waals surface area contributed by atoms with Crippen LogP contribution in [0.4, 0.5) is 0 Å². The Labute approximate surface area is 157 Å². The first-order valence-corrected chi connectivity index (χ1v) is 10.0. The van der Waals surface area contributed by atoms with E-state index in [1.54, 1.807) is 11.3 Å². The van der Waals surface area contributed by atoms with E-state index in [4.69, 9.17) is 13.9 Å². The summed E-state index contributed by atoms with van der Waals surface area (Å²) in [5.41, 5.74) is 1.02. The van der Waals surface area contributed by atoms with Crippen molar-refractivity contribution >= 4 is 21.6 Å². The lowest BCUT2D eigenvalue weighted by Crippen LogP contribution is -2.18. The lowest BCUT2D eigenvalue weighted by molar-refractivity contribution is 0.0166. The van der Waals surface area contributed by atoms with Crippen LogP contribution in [0.15, 0.2) is 40.8 Å². The van der Waals surface area contributed by atoms with Crippen LogP contribution in [-0.2, 0) is 16.0 Å². The lowest BCUT2D eigenvalue weighted by Gasteiger charge is -2.10. The molecule has 0 spiro atoms. The molecule has 5 nitrogen and oxygen atoms in total. The van der Waals surface area contributed by atoms with Gasteiger partial charge in [-0.2, -0.15) is 0 Å². The molecule has 0 aliphatic carbocycles. The normalized spacial score (nSPS) is 17.3. The first kappa shape index (κ1) is 17.7. The number of rotatable bonds is 9. The van der Waals surface area contributed by atoms with Crippen molar-refractivity contribution in [3.8, 4) is 10.8 Å². The Kier molecular flexibility index (Phi) is 5.96. The number of fused-ring (bicyclic) bond motifs is 1. The van der Waals surface area contributed by atoms with Crippen molar-refractivity contribution in [3.05, 3.63) is 42.2 Å². The summed E-state index contributed by atoms with van der Waals surface area (Å²) >= 11 is 1.66. The van der Waals surface area contributed by atoms with Gasteiger partial charge < -0.3 is 19.2 Å². The molecule has 0 radical (unpaired) electrons. The topological polar surface area (TPSA) is 56.5 Å². The fourth-order valence-electron chi connectivity index (χ4n) is 3.07. The van der Waals surface area contributed by atoms with E-state index in [0.717, 1.165) is 74.2 Å². The second kappa shape index (κ2) is 8.77. The van der Waals surface area contributed by atoms with Crippen molar-refractivity contribution in [2.75, 3.05) is 26.4 Å². The Morgan fingerprint density at radius 2 is 2.19 bits per heavy atom. The van der Waals surface area contributed by atoms with Gasteiger partial charge in [0.2, 0.25) is 0 Å². The molecule has 1 aromatic carbocycles. The van der Waals surface area contributed by atoms with Gasteiger partial charge in [-0.05, 0) is 50.1 Å². The van der Waals surface area contributed by atoms with Crippen molar-refractivity contribution in [2.45, 2.75) is 31.9 Å². The van der Waals surface area contributed by atoms with Gasteiger partial charge in [0, 0.05) is 13.2 Å². The van der Waals surface area contributed by atoms with Gasteiger partial charge in [-0.3, -0.25) is 0 Å². The molecule has 2 aromatic heterocycles. The molecule has 0 bridgehead atoms. The van der Waals surface area contributed by atoms with Crippen molar-refractivity contribution in [2.24, 2.45) is 0 Å². The first-order valence-electron chi connectivity index (χ1n) is 9.23. The van der Waals surface area contributed by atoms with Gasteiger partial charge in [0.25, 0.3) is 0 Å². The summed E-state index contributed by atoms with van der Waals surface area (Å²) in [5.74, 6) is 1.77. The zero-order valence-corrected chi connectivity index (χ0v) is 15.6. The molecular formula is C20H24N2O3S. The van der Waals surface area contributed by atoms with Crippen LogP contribution in [0.3, 0.4) is 0 Å². The third-order valence-electron chi connectivity index (χ3n) is 4.44. The average Bonchev–Trinajstić information content (AvgIpc) is 3.40. The predicted octanol–water partition coefficient (Wildman–Crippen LogP) is 4.23. The summed E-state index contributed by atoms with van der Waals surface area (Å²) in [7, 11) is 0. The van der Waals surface area contributed by atoms with Crippen LogP contribution in [-0.4, -0.2) is 37.5 Å². The summed E-state index contributed by atoms with van der Waals surface area (Å²) in [4.78, 5) is 4.64. The highest BCUT2D eigenvalue weighted by molar-refractivity contribution is 7.21. The van der Waals surface area contributed by atoms with E-state index in [2.05, 4.69) is 16.4 Å². The molecular weight excluding hydrogens is 348 g/mol. The molecule has 4 rings (SSSR count). The Morgan fingerprint density at radius 3 is 3.08 bits per heavy atom. The summed E-state index contributed by atoms with van der Waals surface area (Å²) < 4.78 is 18.3. The quantitative estimate of drug-likeness (QED) is 0.570. The van der Waals surface area contributed by atoms with E-state index in [0.29, 0.717) is 6.10 Å². The average molecular weight is 372 g/mol. The van der Waals surface area contributed by atoms with E-state index < -0.39 is 0 Å². The maximum atomic E-state index is 5.93. The van der Waals surface area contributed by atoms with Crippen molar-refractivity contribution in [3.63, 3.8) is 0 Å². The summed E-state index contributed by atoms with van der Waals surface area (Å²) in [6.07, 6.45) is 3.59. The van der Waals surface area contributed by atoms with Gasteiger partial charge in [-0.15, -0.1) is 11.3 Å². The number of ether oxygens (including phenoxy) is 2. The van der Waals surface area contributed by atoms with Crippen LogP contribution >= 0.6 is 11.3 Å². The summed E-state index contributed by atoms with van der Waals surface area (Å²) in [6, 6.07) is 12.2. The van der Waals surface area contributed by atoms with E-state index >= 15 is 0 Å². The minimum absolute atomic E-state index is 0.312. The number of hydrogen-bond acceptors (Lipinski definition) is 6.